The lowest BCUT2D eigenvalue weighted by Crippen LogP contribution is -2.23. The van der Waals surface area contributed by atoms with Crippen molar-refractivity contribution >= 4 is 41.0 Å². The average Bonchev–Trinajstić information content (AvgIpc) is 3.28. The van der Waals surface area contributed by atoms with Crippen molar-refractivity contribution in [2.24, 2.45) is 0 Å². The van der Waals surface area contributed by atoms with Crippen molar-refractivity contribution < 1.29 is 44.0 Å². The summed E-state index contributed by atoms with van der Waals surface area (Å²) in [6.45, 7) is 4.75. The van der Waals surface area contributed by atoms with Gasteiger partial charge in [-0.05, 0) is 63.5 Å². The van der Waals surface area contributed by atoms with Crippen LogP contribution in [0.1, 0.15) is 30.8 Å². The Hall–Kier alpha value is -4.46. The third-order valence-electron chi connectivity index (χ3n) is 4.89. The second kappa shape index (κ2) is 13.4. The van der Waals surface area contributed by atoms with E-state index < -0.39 is 23.9 Å². The van der Waals surface area contributed by atoms with Gasteiger partial charge in [0.2, 0.25) is 5.95 Å². The van der Waals surface area contributed by atoms with Gasteiger partial charge in [-0.1, -0.05) is 0 Å². The molecule has 0 radical (unpaired) electrons. The van der Waals surface area contributed by atoms with Crippen molar-refractivity contribution in [1.29, 1.82) is 0 Å². The van der Waals surface area contributed by atoms with Gasteiger partial charge in [0, 0.05) is 12.2 Å². The van der Waals surface area contributed by atoms with Crippen LogP contribution in [0.2, 0.25) is 0 Å². The summed E-state index contributed by atoms with van der Waals surface area (Å²) in [7, 11) is 0. The Balaban J connectivity index is 0.000000319. The zero-order valence-electron chi connectivity index (χ0n) is 19.4. The molecule has 0 bridgehead atoms. The van der Waals surface area contributed by atoms with Crippen LogP contribution in [0.5, 0.6) is 0 Å². The minimum atomic E-state index is -1.82. The third-order valence-corrected chi connectivity index (χ3v) is 4.89. The number of nitrogens with one attached hydrogen (secondary N) is 2. The maximum atomic E-state index is 9.10. The molecule has 0 spiro atoms. The standard InChI is InChI=1S/C18H23N5O.2C2H2O4/c1-13-6-7-15(24-13)12-23-17-16(5-3-10-20-17)22-18(23)21-14-4-2-9-19-11-8-14;2*3-1(4)2(5)6/h3,5-7,10,14,19H,2,4,8-9,11-12H2,1H3,(H,21,22);2*(H,3,4)(H,5,6). The molecular weight excluding hydrogens is 478 g/mol. The van der Waals surface area contributed by atoms with Gasteiger partial charge in [-0.25, -0.2) is 29.1 Å². The maximum absolute atomic E-state index is 9.10. The molecule has 1 atom stereocenters. The molecule has 0 aliphatic carbocycles. The molecule has 4 heterocycles. The molecule has 1 aliphatic heterocycles. The normalized spacial score (nSPS) is 14.9. The molecule has 3 aromatic heterocycles. The van der Waals surface area contributed by atoms with E-state index in [1.165, 1.54) is 6.42 Å². The van der Waals surface area contributed by atoms with Crippen LogP contribution in [0, 0.1) is 6.92 Å². The van der Waals surface area contributed by atoms with Gasteiger partial charge in [0.25, 0.3) is 0 Å². The highest BCUT2D eigenvalue weighted by molar-refractivity contribution is 6.27. The van der Waals surface area contributed by atoms with E-state index in [9.17, 15) is 0 Å². The lowest BCUT2D eigenvalue weighted by molar-refractivity contribution is -0.159. The zero-order valence-corrected chi connectivity index (χ0v) is 19.4. The summed E-state index contributed by atoms with van der Waals surface area (Å²) in [6, 6.07) is 8.38. The molecule has 6 N–H and O–H groups in total. The molecule has 0 saturated carbocycles. The number of carboxylic acid groups (broad SMARTS) is 4. The molecule has 14 heteroatoms. The highest BCUT2D eigenvalue weighted by Crippen LogP contribution is 2.22. The molecule has 1 unspecified atom stereocenters. The Morgan fingerprint density at radius 1 is 1.03 bits per heavy atom. The van der Waals surface area contributed by atoms with Crippen LogP contribution in [-0.2, 0) is 25.7 Å². The third kappa shape index (κ3) is 8.72. The van der Waals surface area contributed by atoms with Crippen LogP contribution in [-0.4, -0.2) is 78.0 Å². The van der Waals surface area contributed by atoms with E-state index in [-0.39, 0.29) is 0 Å². The Morgan fingerprint density at radius 2 is 1.69 bits per heavy atom. The number of pyridine rings is 1. The second-order valence-electron chi connectivity index (χ2n) is 7.62. The number of nitrogens with zero attached hydrogens (tertiary/aromatic N) is 3. The molecule has 14 nitrogen and oxygen atoms in total. The van der Waals surface area contributed by atoms with Gasteiger partial charge >= 0.3 is 23.9 Å². The Bertz CT molecular complexity index is 1150. The monoisotopic (exact) mass is 505 g/mol. The summed E-state index contributed by atoms with van der Waals surface area (Å²) in [4.78, 5) is 45.7. The smallest absolute Gasteiger partial charge is 0.414 e. The van der Waals surface area contributed by atoms with Crippen LogP contribution >= 0.6 is 0 Å². The molecule has 0 aromatic carbocycles. The minimum absolute atomic E-state index is 0.439. The van der Waals surface area contributed by atoms with E-state index >= 15 is 0 Å². The van der Waals surface area contributed by atoms with E-state index in [0.29, 0.717) is 12.6 Å². The summed E-state index contributed by atoms with van der Waals surface area (Å²) in [6.07, 6.45) is 5.26. The number of furan rings is 1. The maximum Gasteiger partial charge on any atom is 0.414 e. The number of rotatable bonds is 4. The first-order valence-electron chi connectivity index (χ1n) is 10.8. The summed E-state index contributed by atoms with van der Waals surface area (Å²) in [5.74, 6) is -4.57. The number of hydrogen-bond acceptors (Lipinski definition) is 9. The van der Waals surface area contributed by atoms with Gasteiger partial charge in [0.1, 0.15) is 17.0 Å². The molecule has 0 amide bonds. The molecule has 194 valence electrons. The number of fused-ring (bicyclic) bond motifs is 1. The molecule has 4 rings (SSSR count). The lowest BCUT2D eigenvalue weighted by atomic mass is 10.1. The van der Waals surface area contributed by atoms with Crippen LogP contribution in [0.4, 0.5) is 5.95 Å². The van der Waals surface area contributed by atoms with Crippen LogP contribution in [0.25, 0.3) is 11.2 Å². The molecule has 1 saturated heterocycles. The lowest BCUT2D eigenvalue weighted by Gasteiger charge is -2.17. The molecule has 1 aliphatic rings. The summed E-state index contributed by atoms with van der Waals surface area (Å²) >= 11 is 0. The van der Waals surface area contributed by atoms with Gasteiger partial charge in [0.05, 0.1) is 6.54 Å². The fourth-order valence-electron chi connectivity index (χ4n) is 3.29. The number of carbonyl (C=O) groups is 4. The SMILES string of the molecule is Cc1ccc(Cn2c(NC3CCCNCC3)nc3cccnc32)o1.O=C(O)C(=O)O.O=C(O)C(=O)O. The number of aromatic nitrogens is 3. The first-order chi connectivity index (χ1) is 17.1. The highest BCUT2D eigenvalue weighted by Gasteiger charge is 2.18. The Labute approximate surface area is 204 Å². The highest BCUT2D eigenvalue weighted by atomic mass is 16.4. The van der Waals surface area contributed by atoms with E-state index in [0.717, 1.165) is 54.6 Å². The molecule has 3 aromatic rings. The topological polar surface area (TPSA) is 217 Å². The molecular formula is C22H27N5O9. The van der Waals surface area contributed by atoms with Gasteiger partial charge in [-0.3, -0.25) is 4.57 Å². The van der Waals surface area contributed by atoms with E-state index in [1.54, 1.807) is 0 Å². The predicted molar refractivity (Wildman–Crippen MR) is 125 cm³/mol. The minimum Gasteiger partial charge on any atom is -0.473 e. The molecule has 1 fully saturated rings. The van der Waals surface area contributed by atoms with Crippen molar-refractivity contribution in [3.05, 3.63) is 42.0 Å². The number of hydrogen-bond donors (Lipinski definition) is 6. The van der Waals surface area contributed by atoms with Crippen molar-refractivity contribution in [2.75, 3.05) is 18.4 Å². The largest absolute Gasteiger partial charge is 0.473 e. The van der Waals surface area contributed by atoms with Gasteiger partial charge in [0.15, 0.2) is 5.65 Å². The number of anilines is 1. The number of aliphatic carboxylic acids is 4. The van der Waals surface area contributed by atoms with Crippen molar-refractivity contribution in [1.82, 2.24) is 19.9 Å². The Morgan fingerprint density at radius 3 is 2.28 bits per heavy atom. The van der Waals surface area contributed by atoms with E-state index in [1.807, 2.05) is 37.4 Å². The second-order valence-corrected chi connectivity index (χ2v) is 7.62. The van der Waals surface area contributed by atoms with Crippen LogP contribution in [0.3, 0.4) is 0 Å². The molecule has 36 heavy (non-hydrogen) atoms. The van der Waals surface area contributed by atoms with E-state index in [4.69, 9.17) is 49.0 Å². The number of aryl methyl sites for hydroxylation is 1. The van der Waals surface area contributed by atoms with Crippen molar-refractivity contribution in [3.63, 3.8) is 0 Å². The fraction of sp³-hybridized carbons (Fsp3) is 0.364. The zero-order chi connectivity index (χ0) is 26.7. The number of imidazole rings is 1. The van der Waals surface area contributed by atoms with Crippen molar-refractivity contribution in [3.8, 4) is 0 Å². The Kier molecular flexibility index (Phi) is 10.4. The summed E-state index contributed by atoms with van der Waals surface area (Å²) in [5, 5.41) is 36.7. The van der Waals surface area contributed by atoms with Gasteiger partial charge in [-0.15, -0.1) is 0 Å². The predicted octanol–water partition coefficient (Wildman–Crippen LogP) is 1.25. The summed E-state index contributed by atoms with van der Waals surface area (Å²) < 4.78 is 7.87. The van der Waals surface area contributed by atoms with Crippen molar-refractivity contribution in [2.45, 2.75) is 38.8 Å². The number of carboxylic acids is 4. The fourth-order valence-corrected chi connectivity index (χ4v) is 3.29. The average molecular weight is 505 g/mol. The van der Waals surface area contributed by atoms with Crippen LogP contribution in [0.15, 0.2) is 34.9 Å². The quantitative estimate of drug-likeness (QED) is 0.275. The van der Waals surface area contributed by atoms with Crippen LogP contribution < -0.4 is 10.6 Å². The summed E-state index contributed by atoms with van der Waals surface area (Å²) in [5.41, 5.74) is 1.80. The first kappa shape index (κ1) is 27.8. The first-order valence-corrected chi connectivity index (χ1v) is 10.8. The van der Waals surface area contributed by atoms with E-state index in [2.05, 4.69) is 20.2 Å². The van der Waals surface area contributed by atoms with Gasteiger partial charge in [-0.2, -0.15) is 0 Å². The van der Waals surface area contributed by atoms with Gasteiger partial charge < -0.3 is 35.5 Å².